The van der Waals surface area contributed by atoms with Crippen molar-refractivity contribution in [2.75, 3.05) is 13.1 Å². The Morgan fingerprint density at radius 3 is 2.69 bits per heavy atom. The Balaban J connectivity index is 1.77. The fourth-order valence-electron chi connectivity index (χ4n) is 4.53. The van der Waals surface area contributed by atoms with E-state index in [1.807, 2.05) is 0 Å². The molecule has 3 heterocycles. The van der Waals surface area contributed by atoms with Gasteiger partial charge in [-0.25, -0.2) is 14.4 Å². The molecule has 4 nitrogen and oxygen atoms in total. The van der Waals surface area contributed by atoms with Crippen LogP contribution in [0.25, 0.3) is 10.6 Å². The summed E-state index contributed by atoms with van der Waals surface area (Å²) in [5.41, 5.74) is 0.695. The van der Waals surface area contributed by atoms with Crippen LogP contribution in [0.5, 0.6) is 5.88 Å². The summed E-state index contributed by atoms with van der Waals surface area (Å²) < 4.78 is 43.6. The van der Waals surface area contributed by atoms with Crippen molar-refractivity contribution in [2.24, 2.45) is 16.7 Å². The molecule has 1 aliphatic rings. The van der Waals surface area contributed by atoms with Crippen molar-refractivity contribution in [2.45, 2.75) is 73.2 Å². The summed E-state index contributed by atoms with van der Waals surface area (Å²) in [7, 11) is 0. The molecule has 2 aromatic rings. The molecule has 0 aliphatic carbocycles. The van der Waals surface area contributed by atoms with Crippen molar-refractivity contribution in [3.05, 3.63) is 29.4 Å². The summed E-state index contributed by atoms with van der Waals surface area (Å²) in [6.07, 6.45) is 4.99. The van der Waals surface area contributed by atoms with Crippen LogP contribution in [0, 0.1) is 16.7 Å². The summed E-state index contributed by atoms with van der Waals surface area (Å²) in [6.45, 7) is 10.4. The first-order valence-electron chi connectivity index (χ1n) is 11.2. The minimum absolute atomic E-state index is 0.0612. The summed E-state index contributed by atoms with van der Waals surface area (Å²) >= 11 is 1.47. The van der Waals surface area contributed by atoms with Crippen LogP contribution in [0.3, 0.4) is 0 Å². The van der Waals surface area contributed by atoms with Crippen LogP contribution in [-0.2, 0) is 6.54 Å². The van der Waals surface area contributed by atoms with Gasteiger partial charge in [-0.3, -0.25) is 4.90 Å². The van der Waals surface area contributed by atoms with Crippen molar-refractivity contribution < 1.29 is 17.9 Å². The van der Waals surface area contributed by atoms with Gasteiger partial charge in [0.1, 0.15) is 5.01 Å². The third kappa shape index (κ3) is 6.67. The lowest BCUT2D eigenvalue weighted by molar-refractivity contribution is -0.0524. The third-order valence-corrected chi connectivity index (χ3v) is 7.34. The van der Waals surface area contributed by atoms with Gasteiger partial charge in [0.25, 0.3) is 0 Å². The number of halogens is 3. The second-order valence-corrected chi connectivity index (χ2v) is 11.5. The number of hydrogen-bond donors (Lipinski definition) is 0. The number of likely N-dealkylation sites (tertiary alicyclic amines) is 1. The minimum atomic E-state index is -2.93. The lowest BCUT2D eigenvalue weighted by Crippen LogP contribution is -2.49. The molecule has 0 spiro atoms. The van der Waals surface area contributed by atoms with Gasteiger partial charge >= 0.3 is 6.61 Å². The van der Waals surface area contributed by atoms with Crippen LogP contribution >= 0.6 is 11.3 Å². The quantitative estimate of drug-likeness (QED) is 0.425. The smallest absolute Gasteiger partial charge is 0.388 e. The van der Waals surface area contributed by atoms with E-state index in [2.05, 4.69) is 47.3 Å². The molecular weight excluding hydrogens is 435 g/mol. The SMILES string of the molecule is CC(F)CC[C@@]1(C)CC(C(C)(C)C)CN(Cc2cnc(-c3cccnc3OC(F)F)s2)C1. The van der Waals surface area contributed by atoms with Gasteiger partial charge in [-0.05, 0) is 55.1 Å². The third-order valence-electron chi connectivity index (χ3n) is 6.33. The average molecular weight is 470 g/mol. The van der Waals surface area contributed by atoms with E-state index in [0.29, 0.717) is 22.9 Å². The Labute approximate surface area is 193 Å². The van der Waals surface area contributed by atoms with E-state index in [0.717, 1.165) is 37.4 Å². The summed E-state index contributed by atoms with van der Waals surface area (Å²) in [5.74, 6) is 0.398. The van der Waals surface area contributed by atoms with Crippen LogP contribution in [0.4, 0.5) is 13.2 Å². The van der Waals surface area contributed by atoms with Gasteiger partial charge in [0, 0.05) is 36.9 Å². The number of hydrogen-bond acceptors (Lipinski definition) is 5. The number of ether oxygens (including phenoxy) is 1. The van der Waals surface area contributed by atoms with E-state index in [1.54, 1.807) is 25.3 Å². The zero-order chi connectivity index (χ0) is 23.5. The van der Waals surface area contributed by atoms with E-state index in [-0.39, 0.29) is 16.7 Å². The van der Waals surface area contributed by atoms with Crippen LogP contribution in [0.1, 0.15) is 58.8 Å². The predicted octanol–water partition coefficient (Wildman–Crippen LogP) is 6.82. The van der Waals surface area contributed by atoms with Gasteiger partial charge in [-0.15, -0.1) is 11.3 Å². The second kappa shape index (κ2) is 10.1. The molecule has 3 rings (SSSR count). The summed E-state index contributed by atoms with van der Waals surface area (Å²) in [5, 5.41) is 0.613. The highest BCUT2D eigenvalue weighted by Crippen LogP contribution is 2.44. The van der Waals surface area contributed by atoms with Gasteiger partial charge in [0.2, 0.25) is 5.88 Å². The highest BCUT2D eigenvalue weighted by molar-refractivity contribution is 7.15. The van der Waals surface area contributed by atoms with E-state index < -0.39 is 12.8 Å². The molecule has 1 fully saturated rings. The highest BCUT2D eigenvalue weighted by Gasteiger charge is 2.40. The molecule has 2 aromatic heterocycles. The number of pyridine rings is 1. The van der Waals surface area contributed by atoms with Crippen LogP contribution in [-0.4, -0.2) is 40.7 Å². The number of piperidine rings is 1. The molecule has 8 heteroatoms. The molecule has 0 radical (unpaired) electrons. The molecule has 1 aliphatic heterocycles. The molecule has 0 bridgehead atoms. The van der Waals surface area contributed by atoms with Crippen LogP contribution < -0.4 is 4.74 Å². The molecule has 178 valence electrons. The zero-order valence-corrected chi connectivity index (χ0v) is 20.4. The number of aromatic nitrogens is 2. The fourth-order valence-corrected chi connectivity index (χ4v) is 5.50. The average Bonchev–Trinajstić information content (AvgIpc) is 3.13. The van der Waals surface area contributed by atoms with Gasteiger partial charge in [-0.2, -0.15) is 8.78 Å². The number of nitrogens with zero attached hydrogens (tertiary/aromatic N) is 3. The number of thiazole rings is 1. The van der Waals surface area contributed by atoms with Gasteiger partial charge in [0.05, 0.1) is 11.7 Å². The first-order chi connectivity index (χ1) is 14.9. The van der Waals surface area contributed by atoms with E-state index in [1.165, 1.54) is 17.5 Å². The molecule has 1 saturated heterocycles. The summed E-state index contributed by atoms with van der Waals surface area (Å²) in [6, 6.07) is 3.38. The largest absolute Gasteiger partial charge is 0.416 e. The van der Waals surface area contributed by atoms with Crippen LogP contribution in [0.2, 0.25) is 0 Å². The molecule has 0 aromatic carbocycles. The molecule has 2 unspecified atom stereocenters. The monoisotopic (exact) mass is 469 g/mol. The normalized spacial score (nSPS) is 23.5. The molecule has 0 saturated carbocycles. The molecule has 0 amide bonds. The van der Waals surface area contributed by atoms with Crippen LogP contribution in [0.15, 0.2) is 24.5 Å². The maximum Gasteiger partial charge on any atom is 0.388 e. The Morgan fingerprint density at radius 2 is 2.03 bits per heavy atom. The van der Waals surface area contributed by atoms with Gasteiger partial charge in [-0.1, -0.05) is 27.7 Å². The topological polar surface area (TPSA) is 38.2 Å². The Hall–Kier alpha value is -1.67. The van der Waals surface area contributed by atoms with Crippen molar-refractivity contribution >= 4 is 11.3 Å². The Morgan fingerprint density at radius 1 is 1.28 bits per heavy atom. The molecular formula is C24H34F3N3OS. The Kier molecular flexibility index (Phi) is 7.86. The highest BCUT2D eigenvalue weighted by atomic mass is 32.1. The zero-order valence-electron chi connectivity index (χ0n) is 19.6. The summed E-state index contributed by atoms with van der Waals surface area (Å²) in [4.78, 5) is 11.9. The lowest BCUT2D eigenvalue weighted by Gasteiger charge is -2.48. The maximum absolute atomic E-state index is 13.6. The van der Waals surface area contributed by atoms with Gasteiger partial charge < -0.3 is 4.74 Å². The molecule has 3 atom stereocenters. The lowest BCUT2D eigenvalue weighted by atomic mass is 9.66. The molecule has 0 N–H and O–H groups in total. The molecule has 32 heavy (non-hydrogen) atoms. The van der Waals surface area contributed by atoms with Gasteiger partial charge in [0.15, 0.2) is 0 Å². The maximum atomic E-state index is 13.6. The number of alkyl halides is 3. The van der Waals surface area contributed by atoms with E-state index in [4.69, 9.17) is 0 Å². The van der Waals surface area contributed by atoms with Crippen molar-refractivity contribution in [1.82, 2.24) is 14.9 Å². The minimum Gasteiger partial charge on any atom is -0.416 e. The number of rotatable bonds is 8. The second-order valence-electron chi connectivity index (χ2n) is 10.4. The van der Waals surface area contributed by atoms with Crippen molar-refractivity contribution in [3.8, 4) is 16.5 Å². The van der Waals surface area contributed by atoms with Crippen molar-refractivity contribution in [3.63, 3.8) is 0 Å². The predicted molar refractivity (Wildman–Crippen MR) is 123 cm³/mol. The van der Waals surface area contributed by atoms with Crippen molar-refractivity contribution in [1.29, 1.82) is 0 Å². The first-order valence-corrected chi connectivity index (χ1v) is 12.0. The standard InChI is InChI=1S/C24H34F3N3OS/c1-16(25)8-9-24(5)11-17(23(2,3)4)13-30(15-24)14-18-12-29-21(32-18)19-7-6-10-28-20(19)31-22(26)27/h6-7,10,12,16-17,22H,8-9,11,13-15H2,1-5H3/t16?,17?,24-/m0/s1. The Bertz CT molecular complexity index is 883. The van der Waals surface area contributed by atoms with E-state index >= 15 is 0 Å². The van der Waals surface area contributed by atoms with E-state index in [9.17, 15) is 13.2 Å². The first kappa shape index (κ1) is 25.0. The fraction of sp³-hybridized carbons (Fsp3) is 0.667.